The Labute approximate surface area is 107 Å². The zero-order valence-electron chi connectivity index (χ0n) is 10.3. The molecule has 0 spiro atoms. The van der Waals surface area contributed by atoms with Crippen LogP contribution in [0.4, 0.5) is 0 Å². The lowest BCUT2D eigenvalue weighted by atomic mass is 10.0. The highest BCUT2D eigenvalue weighted by atomic mass is 35.5. The third-order valence-corrected chi connectivity index (χ3v) is 3.26. The van der Waals surface area contributed by atoms with Gasteiger partial charge in [-0.05, 0) is 24.5 Å². The van der Waals surface area contributed by atoms with Crippen molar-refractivity contribution >= 4 is 17.5 Å². The van der Waals surface area contributed by atoms with E-state index in [0.29, 0.717) is 10.6 Å². The fourth-order valence-corrected chi connectivity index (χ4v) is 1.70. The smallest absolute Gasteiger partial charge is 0.253 e. The van der Waals surface area contributed by atoms with Crippen LogP contribution in [-0.4, -0.2) is 23.7 Å². The average molecular weight is 256 g/mol. The quantitative estimate of drug-likeness (QED) is 0.868. The first-order valence-corrected chi connectivity index (χ1v) is 6.02. The number of benzene rings is 1. The highest BCUT2D eigenvalue weighted by Gasteiger charge is 2.18. The molecule has 1 amide bonds. The predicted molar refractivity (Wildman–Crippen MR) is 69.4 cm³/mol. The minimum Gasteiger partial charge on any atom is -0.394 e. The van der Waals surface area contributed by atoms with E-state index in [-0.39, 0.29) is 24.5 Å². The van der Waals surface area contributed by atoms with Crippen LogP contribution >= 0.6 is 11.6 Å². The van der Waals surface area contributed by atoms with Crippen LogP contribution in [0.1, 0.15) is 29.8 Å². The van der Waals surface area contributed by atoms with Crippen molar-refractivity contribution in [3.8, 4) is 0 Å². The molecule has 3 nitrogen and oxygen atoms in total. The van der Waals surface area contributed by atoms with E-state index in [1.807, 2.05) is 26.8 Å². The molecule has 1 unspecified atom stereocenters. The molecule has 0 radical (unpaired) electrons. The molecule has 2 N–H and O–H groups in total. The number of aliphatic hydroxyl groups excluding tert-OH is 1. The Morgan fingerprint density at radius 1 is 1.47 bits per heavy atom. The summed E-state index contributed by atoms with van der Waals surface area (Å²) in [7, 11) is 0. The monoisotopic (exact) mass is 255 g/mol. The van der Waals surface area contributed by atoms with Gasteiger partial charge in [-0.2, -0.15) is 0 Å². The standard InChI is InChI=1S/C13H18ClNO2/c1-8(2)11(7-16)15-13(17)10-6-4-5-9(3)12(10)14/h4-6,8,11,16H,7H2,1-3H3,(H,15,17). The summed E-state index contributed by atoms with van der Waals surface area (Å²) >= 11 is 6.07. The second-order valence-electron chi connectivity index (χ2n) is 4.44. The van der Waals surface area contributed by atoms with Gasteiger partial charge in [0, 0.05) is 0 Å². The Kier molecular flexibility index (Phi) is 4.97. The maximum atomic E-state index is 12.0. The number of aliphatic hydroxyl groups is 1. The number of amides is 1. The van der Waals surface area contributed by atoms with Crippen LogP contribution < -0.4 is 5.32 Å². The molecule has 0 bridgehead atoms. The van der Waals surface area contributed by atoms with E-state index in [0.717, 1.165) is 5.56 Å². The van der Waals surface area contributed by atoms with Gasteiger partial charge < -0.3 is 10.4 Å². The minimum atomic E-state index is -0.251. The molecule has 0 aromatic heterocycles. The molecule has 0 aliphatic heterocycles. The number of rotatable bonds is 4. The van der Waals surface area contributed by atoms with Crippen molar-refractivity contribution in [1.82, 2.24) is 5.32 Å². The molecule has 0 fully saturated rings. The number of nitrogens with one attached hydrogen (secondary N) is 1. The van der Waals surface area contributed by atoms with E-state index >= 15 is 0 Å². The van der Waals surface area contributed by atoms with Gasteiger partial charge in [-0.3, -0.25) is 4.79 Å². The summed E-state index contributed by atoms with van der Waals surface area (Å²) in [6.45, 7) is 5.66. The lowest BCUT2D eigenvalue weighted by molar-refractivity contribution is 0.0897. The Morgan fingerprint density at radius 2 is 2.12 bits per heavy atom. The molecule has 17 heavy (non-hydrogen) atoms. The molecule has 0 saturated carbocycles. The summed E-state index contributed by atoms with van der Waals surface area (Å²) in [6.07, 6.45) is 0. The van der Waals surface area contributed by atoms with E-state index in [1.54, 1.807) is 12.1 Å². The number of hydrogen-bond donors (Lipinski definition) is 2. The van der Waals surface area contributed by atoms with Crippen LogP contribution in [0.5, 0.6) is 0 Å². The maximum Gasteiger partial charge on any atom is 0.253 e. The van der Waals surface area contributed by atoms with E-state index in [1.165, 1.54) is 0 Å². The van der Waals surface area contributed by atoms with E-state index < -0.39 is 0 Å². The van der Waals surface area contributed by atoms with Crippen LogP contribution in [0.3, 0.4) is 0 Å². The normalized spacial score (nSPS) is 12.6. The first-order chi connectivity index (χ1) is 7.97. The number of halogens is 1. The van der Waals surface area contributed by atoms with Gasteiger partial charge in [-0.15, -0.1) is 0 Å². The van der Waals surface area contributed by atoms with Gasteiger partial charge in [-0.1, -0.05) is 37.6 Å². The summed E-state index contributed by atoms with van der Waals surface area (Å²) in [5.41, 5.74) is 1.31. The highest BCUT2D eigenvalue weighted by Crippen LogP contribution is 2.20. The summed E-state index contributed by atoms with van der Waals surface area (Å²) in [5, 5.41) is 12.4. The molecule has 1 aromatic carbocycles. The van der Waals surface area contributed by atoms with Crippen molar-refractivity contribution in [2.75, 3.05) is 6.61 Å². The van der Waals surface area contributed by atoms with Gasteiger partial charge in [0.05, 0.1) is 23.2 Å². The van der Waals surface area contributed by atoms with Crippen molar-refractivity contribution in [3.05, 3.63) is 34.3 Å². The third kappa shape index (κ3) is 3.45. The molecule has 0 aliphatic rings. The van der Waals surface area contributed by atoms with Crippen molar-refractivity contribution in [2.24, 2.45) is 5.92 Å². The first-order valence-electron chi connectivity index (χ1n) is 5.64. The van der Waals surface area contributed by atoms with E-state index in [9.17, 15) is 4.79 Å². The molecule has 1 atom stereocenters. The number of carbonyl (C=O) groups is 1. The zero-order chi connectivity index (χ0) is 13.0. The van der Waals surface area contributed by atoms with Crippen LogP contribution in [0, 0.1) is 12.8 Å². The van der Waals surface area contributed by atoms with E-state index in [4.69, 9.17) is 16.7 Å². The molecule has 1 rings (SSSR count). The summed E-state index contributed by atoms with van der Waals surface area (Å²) < 4.78 is 0. The van der Waals surface area contributed by atoms with Gasteiger partial charge in [-0.25, -0.2) is 0 Å². The summed E-state index contributed by atoms with van der Waals surface area (Å²) in [4.78, 5) is 12.0. The Balaban J connectivity index is 2.86. The third-order valence-electron chi connectivity index (χ3n) is 2.75. The molecule has 0 aliphatic carbocycles. The summed E-state index contributed by atoms with van der Waals surface area (Å²) in [5.74, 6) is -0.0704. The second kappa shape index (κ2) is 6.03. The van der Waals surface area contributed by atoms with Crippen LogP contribution in [-0.2, 0) is 0 Å². The fraction of sp³-hybridized carbons (Fsp3) is 0.462. The Hall–Kier alpha value is -1.06. The predicted octanol–water partition coefficient (Wildman–Crippen LogP) is 2.40. The number of aryl methyl sites for hydroxylation is 1. The highest BCUT2D eigenvalue weighted by molar-refractivity contribution is 6.34. The molecule has 0 heterocycles. The van der Waals surface area contributed by atoms with Gasteiger partial charge in [0.15, 0.2) is 0 Å². The number of hydrogen-bond acceptors (Lipinski definition) is 2. The zero-order valence-corrected chi connectivity index (χ0v) is 11.1. The maximum absolute atomic E-state index is 12.0. The van der Waals surface area contributed by atoms with Crippen LogP contribution in [0.2, 0.25) is 5.02 Å². The lowest BCUT2D eigenvalue weighted by Crippen LogP contribution is -2.41. The molecule has 4 heteroatoms. The first kappa shape index (κ1) is 14.0. The van der Waals surface area contributed by atoms with Crippen molar-refractivity contribution in [2.45, 2.75) is 26.8 Å². The average Bonchev–Trinajstić information content (AvgIpc) is 2.28. The SMILES string of the molecule is Cc1cccc(C(=O)NC(CO)C(C)C)c1Cl. The fourth-order valence-electron chi connectivity index (χ4n) is 1.49. The second-order valence-corrected chi connectivity index (χ2v) is 4.82. The number of carbonyl (C=O) groups excluding carboxylic acids is 1. The minimum absolute atomic E-state index is 0.0765. The summed E-state index contributed by atoms with van der Waals surface area (Å²) in [6, 6.07) is 5.07. The molecular formula is C13H18ClNO2. The van der Waals surface area contributed by atoms with Crippen molar-refractivity contribution < 1.29 is 9.90 Å². The Morgan fingerprint density at radius 3 is 2.65 bits per heavy atom. The topological polar surface area (TPSA) is 49.3 Å². The van der Waals surface area contributed by atoms with Crippen molar-refractivity contribution in [3.63, 3.8) is 0 Å². The Bertz CT molecular complexity index is 404. The molecule has 1 aromatic rings. The molecular weight excluding hydrogens is 238 g/mol. The van der Waals surface area contributed by atoms with E-state index in [2.05, 4.69) is 5.32 Å². The molecule has 0 saturated heterocycles. The van der Waals surface area contributed by atoms with Crippen LogP contribution in [0.25, 0.3) is 0 Å². The van der Waals surface area contributed by atoms with Gasteiger partial charge in [0.2, 0.25) is 0 Å². The van der Waals surface area contributed by atoms with Gasteiger partial charge in [0.25, 0.3) is 5.91 Å². The van der Waals surface area contributed by atoms with Gasteiger partial charge in [0.1, 0.15) is 0 Å². The molecule has 94 valence electrons. The van der Waals surface area contributed by atoms with Crippen molar-refractivity contribution in [1.29, 1.82) is 0 Å². The van der Waals surface area contributed by atoms with Gasteiger partial charge >= 0.3 is 0 Å². The van der Waals surface area contributed by atoms with Crippen LogP contribution in [0.15, 0.2) is 18.2 Å². The lowest BCUT2D eigenvalue weighted by Gasteiger charge is -2.20. The largest absolute Gasteiger partial charge is 0.394 e.